The minimum absolute atomic E-state index is 0. The van der Waals surface area contributed by atoms with Gasteiger partial charge >= 0.3 is 0 Å². The smallest absolute Gasteiger partial charge is 0.258 e. The van der Waals surface area contributed by atoms with Crippen molar-refractivity contribution in [1.29, 1.82) is 0 Å². The van der Waals surface area contributed by atoms with Gasteiger partial charge in [-0.05, 0) is 42.7 Å². The number of nitrogens with one attached hydrogen (secondary N) is 2. The van der Waals surface area contributed by atoms with Crippen LogP contribution in [-0.2, 0) is 16.0 Å². The van der Waals surface area contributed by atoms with Crippen LogP contribution >= 0.6 is 12.4 Å². The van der Waals surface area contributed by atoms with E-state index in [1.165, 1.54) is 7.11 Å². The van der Waals surface area contributed by atoms with Crippen molar-refractivity contribution >= 4 is 35.6 Å². The largest absolute Gasteiger partial charge is 0.493 e. The molecule has 2 aromatic rings. The number of benzene rings is 2. The Hall–Kier alpha value is -2.93. The maximum Gasteiger partial charge on any atom is 0.258 e. The minimum Gasteiger partial charge on any atom is -0.493 e. The van der Waals surface area contributed by atoms with Crippen molar-refractivity contribution in [3.8, 4) is 11.5 Å². The number of hydrogen-bond donors (Lipinski definition) is 3. The third kappa shape index (κ3) is 6.35. The molecule has 1 saturated carbocycles. The molecule has 0 radical (unpaired) electrons. The molecule has 28 heavy (non-hydrogen) atoms. The normalized spacial score (nSPS) is 12.5. The minimum atomic E-state index is -0.169. The predicted octanol–water partition coefficient (Wildman–Crippen LogP) is 2.54. The van der Waals surface area contributed by atoms with Crippen LogP contribution in [0.1, 0.15) is 18.4 Å². The summed E-state index contributed by atoms with van der Waals surface area (Å²) in [5.74, 6) is 0.555. The lowest BCUT2D eigenvalue weighted by Crippen LogP contribution is -2.30. The van der Waals surface area contributed by atoms with Gasteiger partial charge in [0.15, 0.2) is 18.1 Å². The molecule has 1 fully saturated rings. The van der Waals surface area contributed by atoms with Crippen molar-refractivity contribution in [2.45, 2.75) is 25.3 Å². The van der Waals surface area contributed by atoms with Gasteiger partial charge in [0.1, 0.15) is 0 Å². The second kappa shape index (κ2) is 9.85. The molecule has 2 aromatic carbocycles. The highest BCUT2D eigenvalue weighted by Gasteiger charge is 2.23. The monoisotopic (exact) mass is 405 g/mol. The second-order valence-corrected chi connectivity index (χ2v) is 6.46. The third-order valence-electron chi connectivity index (χ3n) is 4.09. The van der Waals surface area contributed by atoms with Crippen LogP contribution in [0.5, 0.6) is 11.5 Å². The van der Waals surface area contributed by atoms with Crippen LogP contribution in [-0.4, -0.2) is 31.6 Å². The molecule has 0 spiro atoms. The van der Waals surface area contributed by atoms with E-state index in [0.717, 1.165) is 18.4 Å². The van der Waals surface area contributed by atoms with Crippen molar-refractivity contribution < 1.29 is 19.1 Å². The lowest BCUT2D eigenvalue weighted by Gasteiger charge is -2.13. The van der Waals surface area contributed by atoms with E-state index in [-0.39, 0.29) is 43.3 Å². The molecule has 1 aliphatic carbocycles. The average Bonchev–Trinajstić information content (AvgIpc) is 3.46. The fraction of sp³-hybridized carbons (Fsp3) is 0.300. The molecule has 150 valence electrons. The van der Waals surface area contributed by atoms with Crippen LogP contribution in [0.15, 0.2) is 42.5 Å². The fourth-order valence-corrected chi connectivity index (χ4v) is 2.53. The van der Waals surface area contributed by atoms with Gasteiger partial charge in [-0.15, -0.1) is 12.4 Å². The summed E-state index contributed by atoms with van der Waals surface area (Å²) in [6, 6.07) is 12.5. The molecule has 0 unspecified atom stereocenters. The van der Waals surface area contributed by atoms with Gasteiger partial charge < -0.3 is 25.8 Å². The summed E-state index contributed by atoms with van der Waals surface area (Å²) in [5.41, 5.74) is 7.73. The Balaban J connectivity index is 0.00000280. The molecule has 0 bridgehead atoms. The zero-order valence-corrected chi connectivity index (χ0v) is 16.4. The molecule has 0 aromatic heterocycles. The molecule has 0 heterocycles. The van der Waals surface area contributed by atoms with Crippen LogP contribution in [0.2, 0.25) is 0 Å². The van der Waals surface area contributed by atoms with Crippen molar-refractivity contribution in [3.63, 3.8) is 0 Å². The summed E-state index contributed by atoms with van der Waals surface area (Å²) in [6.45, 7) is -0.101. The number of halogens is 1. The van der Waals surface area contributed by atoms with Gasteiger partial charge in [-0.1, -0.05) is 12.1 Å². The van der Waals surface area contributed by atoms with Crippen LogP contribution in [0, 0.1) is 0 Å². The number of amides is 2. The topological polar surface area (TPSA) is 103 Å². The van der Waals surface area contributed by atoms with Gasteiger partial charge in [0.05, 0.1) is 13.5 Å². The maximum absolute atomic E-state index is 12.2. The van der Waals surface area contributed by atoms with E-state index in [1.54, 1.807) is 30.3 Å². The van der Waals surface area contributed by atoms with E-state index in [0.29, 0.717) is 22.9 Å². The average molecular weight is 406 g/mol. The zero-order valence-electron chi connectivity index (χ0n) is 15.6. The Bertz CT molecular complexity index is 823. The number of ether oxygens (including phenoxy) is 2. The molecule has 8 heteroatoms. The number of nitrogen functional groups attached to an aromatic ring is 1. The summed E-state index contributed by atoms with van der Waals surface area (Å²) < 4.78 is 10.8. The maximum atomic E-state index is 12.2. The highest BCUT2D eigenvalue weighted by atomic mass is 35.5. The second-order valence-electron chi connectivity index (χ2n) is 6.46. The van der Waals surface area contributed by atoms with E-state index in [4.69, 9.17) is 15.2 Å². The van der Waals surface area contributed by atoms with Gasteiger partial charge in [0, 0.05) is 23.5 Å². The van der Waals surface area contributed by atoms with Gasteiger partial charge in [-0.25, -0.2) is 0 Å². The first-order valence-electron chi connectivity index (χ1n) is 8.78. The highest BCUT2D eigenvalue weighted by molar-refractivity contribution is 5.92. The molecular weight excluding hydrogens is 382 g/mol. The van der Waals surface area contributed by atoms with Crippen molar-refractivity contribution in [3.05, 3.63) is 48.0 Å². The first kappa shape index (κ1) is 21.4. The Morgan fingerprint density at radius 1 is 1.07 bits per heavy atom. The number of hydrogen-bond acceptors (Lipinski definition) is 5. The van der Waals surface area contributed by atoms with E-state index >= 15 is 0 Å². The Morgan fingerprint density at radius 3 is 2.43 bits per heavy atom. The van der Waals surface area contributed by atoms with Crippen molar-refractivity contribution in [1.82, 2.24) is 5.32 Å². The standard InChI is InChI=1S/C20H23N3O4.ClH/c1-26-17-9-8-16(11-18(17)27-12-20(25)22-15-6-7-15)23-19(24)10-13-2-4-14(21)5-3-13;/h2-5,8-9,11,15H,6-7,10,12,21H2,1H3,(H,22,25)(H,23,24);1H. The Labute approximate surface area is 170 Å². The summed E-state index contributed by atoms with van der Waals surface area (Å²) in [6.07, 6.45) is 2.27. The molecular formula is C20H24ClN3O4. The summed E-state index contributed by atoms with van der Waals surface area (Å²) in [4.78, 5) is 24.0. The number of anilines is 2. The molecule has 0 aliphatic heterocycles. The van der Waals surface area contributed by atoms with E-state index in [1.807, 2.05) is 12.1 Å². The number of carbonyl (C=O) groups excluding carboxylic acids is 2. The Morgan fingerprint density at radius 2 is 1.79 bits per heavy atom. The molecule has 3 rings (SSSR count). The lowest BCUT2D eigenvalue weighted by molar-refractivity contribution is -0.123. The number of rotatable bonds is 8. The first-order valence-corrected chi connectivity index (χ1v) is 8.78. The number of carbonyl (C=O) groups is 2. The van der Waals surface area contributed by atoms with E-state index in [9.17, 15) is 9.59 Å². The van der Waals surface area contributed by atoms with Crippen LogP contribution < -0.4 is 25.8 Å². The molecule has 1 aliphatic rings. The Kier molecular flexibility index (Phi) is 7.52. The predicted molar refractivity (Wildman–Crippen MR) is 110 cm³/mol. The SMILES string of the molecule is COc1ccc(NC(=O)Cc2ccc(N)cc2)cc1OCC(=O)NC1CC1.Cl. The van der Waals surface area contributed by atoms with Crippen LogP contribution in [0.4, 0.5) is 11.4 Å². The van der Waals surface area contributed by atoms with Crippen LogP contribution in [0.25, 0.3) is 0 Å². The summed E-state index contributed by atoms with van der Waals surface area (Å²) in [5, 5.41) is 5.68. The molecule has 4 N–H and O–H groups in total. The van der Waals surface area contributed by atoms with E-state index < -0.39 is 0 Å². The molecule has 7 nitrogen and oxygen atoms in total. The summed E-state index contributed by atoms with van der Waals surface area (Å²) >= 11 is 0. The van der Waals surface area contributed by atoms with Crippen molar-refractivity contribution in [2.75, 3.05) is 24.8 Å². The van der Waals surface area contributed by atoms with E-state index in [2.05, 4.69) is 10.6 Å². The highest BCUT2D eigenvalue weighted by Crippen LogP contribution is 2.30. The van der Waals surface area contributed by atoms with Crippen molar-refractivity contribution in [2.24, 2.45) is 0 Å². The van der Waals surface area contributed by atoms with Gasteiger partial charge in [0.2, 0.25) is 5.91 Å². The van der Waals surface area contributed by atoms with Gasteiger partial charge in [-0.2, -0.15) is 0 Å². The lowest BCUT2D eigenvalue weighted by atomic mass is 10.1. The number of methoxy groups -OCH3 is 1. The van der Waals surface area contributed by atoms with Gasteiger partial charge in [-0.3, -0.25) is 9.59 Å². The fourth-order valence-electron chi connectivity index (χ4n) is 2.53. The van der Waals surface area contributed by atoms with Gasteiger partial charge in [0.25, 0.3) is 5.91 Å². The number of nitrogens with two attached hydrogens (primary N) is 1. The molecule has 2 amide bonds. The molecule has 0 saturated heterocycles. The first-order chi connectivity index (χ1) is 13.0. The molecule has 0 atom stereocenters. The summed E-state index contributed by atoms with van der Waals surface area (Å²) in [7, 11) is 1.52. The quantitative estimate of drug-likeness (QED) is 0.585. The zero-order chi connectivity index (χ0) is 19.2. The van der Waals surface area contributed by atoms with Crippen LogP contribution in [0.3, 0.4) is 0 Å². The third-order valence-corrected chi connectivity index (χ3v) is 4.09.